The molecule has 56 valence electrons. The average Bonchev–Trinajstić information content (AvgIpc) is 2.40. The highest BCUT2D eigenvalue weighted by Crippen LogP contribution is 2.00. The molecule has 1 aliphatic rings. The predicted molar refractivity (Wildman–Crippen MR) is 45.6 cm³/mol. The van der Waals surface area contributed by atoms with Crippen LogP contribution in [0.1, 0.15) is 5.69 Å². The van der Waals surface area contributed by atoms with Crippen LogP contribution in [-0.2, 0) is 6.54 Å². The summed E-state index contributed by atoms with van der Waals surface area (Å²) in [4.78, 5) is 0.622. The van der Waals surface area contributed by atoms with Gasteiger partial charge in [-0.3, -0.25) is 10.1 Å². The number of hydrazone groups is 1. The minimum absolute atomic E-state index is 0.622. The molecule has 0 radical (unpaired) electrons. The van der Waals surface area contributed by atoms with Crippen LogP contribution < -0.4 is 5.43 Å². The Morgan fingerprint density at radius 1 is 1.64 bits per heavy atom. The van der Waals surface area contributed by atoms with Crippen LogP contribution >= 0.6 is 12.2 Å². The highest BCUT2D eigenvalue weighted by atomic mass is 32.1. The fraction of sp³-hybridized carbons (Fsp3) is 0.167. The van der Waals surface area contributed by atoms with Crippen molar-refractivity contribution in [3.05, 3.63) is 18.0 Å². The van der Waals surface area contributed by atoms with Crippen LogP contribution in [-0.4, -0.2) is 21.0 Å². The molecule has 0 unspecified atom stereocenters. The van der Waals surface area contributed by atoms with Crippen LogP contribution in [0.2, 0.25) is 0 Å². The number of hydrogen-bond donors (Lipinski definition) is 1. The molecule has 5 heteroatoms. The van der Waals surface area contributed by atoms with E-state index in [0.717, 1.165) is 5.69 Å². The Hall–Kier alpha value is -1.23. The third-order valence-electron chi connectivity index (χ3n) is 1.46. The van der Waals surface area contributed by atoms with Gasteiger partial charge in [0.1, 0.15) is 4.99 Å². The molecule has 2 heterocycles. The van der Waals surface area contributed by atoms with Gasteiger partial charge in [-0.2, -0.15) is 10.2 Å². The Morgan fingerprint density at radius 3 is 3.45 bits per heavy atom. The highest BCUT2D eigenvalue weighted by molar-refractivity contribution is 7.80. The van der Waals surface area contributed by atoms with Crippen LogP contribution in [0.15, 0.2) is 17.4 Å². The van der Waals surface area contributed by atoms with Gasteiger partial charge >= 0.3 is 0 Å². The summed E-state index contributed by atoms with van der Waals surface area (Å²) in [7, 11) is 0. The molecule has 0 aliphatic carbocycles. The van der Waals surface area contributed by atoms with Crippen molar-refractivity contribution in [1.82, 2.24) is 15.2 Å². The quantitative estimate of drug-likeness (QED) is 0.558. The lowest BCUT2D eigenvalue weighted by Crippen LogP contribution is -2.16. The molecule has 0 atom stereocenters. The van der Waals surface area contributed by atoms with E-state index in [2.05, 4.69) is 15.6 Å². The smallest absolute Gasteiger partial charge is 0.145 e. The second-order valence-corrected chi connectivity index (χ2v) is 2.56. The standard InChI is InChI=1S/C6H6N4S/c11-6-5-1-2-8-10(5)4-3-7-9-6/h1-3H,4H2,(H,9,11). The van der Waals surface area contributed by atoms with Gasteiger partial charge in [-0.05, 0) is 6.07 Å². The van der Waals surface area contributed by atoms with Crippen molar-refractivity contribution in [2.75, 3.05) is 0 Å². The first kappa shape index (κ1) is 6.48. The van der Waals surface area contributed by atoms with Crippen LogP contribution in [0.25, 0.3) is 0 Å². The lowest BCUT2D eigenvalue weighted by Gasteiger charge is -1.99. The maximum Gasteiger partial charge on any atom is 0.145 e. The number of thiocarbonyl (C=S) groups is 1. The summed E-state index contributed by atoms with van der Waals surface area (Å²) >= 11 is 5.02. The van der Waals surface area contributed by atoms with Gasteiger partial charge in [-0.15, -0.1) is 0 Å². The summed E-state index contributed by atoms with van der Waals surface area (Å²) in [5.41, 5.74) is 3.64. The van der Waals surface area contributed by atoms with E-state index in [1.807, 2.05) is 6.07 Å². The Morgan fingerprint density at radius 2 is 2.55 bits per heavy atom. The first-order chi connectivity index (χ1) is 5.38. The summed E-state index contributed by atoms with van der Waals surface area (Å²) in [6.07, 6.45) is 3.46. The molecular formula is C6H6N4S. The summed E-state index contributed by atoms with van der Waals surface area (Å²) in [5.74, 6) is 0. The van der Waals surface area contributed by atoms with E-state index in [-0.39, 0.29) is 0 Å². The zero-order valence-electron chi connectivity index (χ0n) is 5.69. The normalized spacial score (nSPS) is 15.5. The van der Waals surface area contributed by atoms with Crippen molar-refractivity contribution in [1.29, 1.82) is 0 Å². The summed E-state index contributed by atoms with van der Waals surface area (Å²) < 4.78 is 1.80. The monoisotopic (exact) mass is 166 g/mol. The minimum atomic E-state index is 0.622. The molecule has 0 saturated carbocycles. The van der Waals surface area contributed by atoms with Crippen molar-refractivity contribution in [3.63, 3.8) is 0 Å². The van der Waals surface area contributed by atoms with Crippen molar-refractivity contribution < 1.29 is 0 Å². The second kappa shape index (κ2) is 2.43. The van der Waals surface area contributed by atoms with Crippen molar-refractivity contribution in [2.45, 2.75) is 6.54 Å². The third-order valence-corrected chi connectivity index (χ3v) is 1.76. The molecule has 0 spiro atoms. The van der Waals surface area contributed by atoms with Crippen LogP contribution in [0.3, 0.4) is 0 Å². The molecule has 1 aromatic heterocycles. The second-order valence-electron chi connectivity index (χ2n) is 2.15. The lowest BCUT2D eigenvalue weighted by atomic mass is 10.4. The first-order valence-corrected chi connectivity index (χ1v) is 3.62. The maximum absolute atomic E-state index is 5.02. The fourth-order valence-corrected chi connectivity index (χ4v) is 1.18. The SMILES string of the molecule is S=C1NN=CCn2nccc21. The zero-order valence-corrected chi connectivity index (χ0v) is 6.51. The number of hydrogen-bond acceptors (Lipinski definition) is 3. The van der Waals surface area contributed by atoms with E-state index in [1.165, 1.54) is 0 Å². The molecule has 0 saturated heterocycles. The van der Waals surface area contributed by atoms with Crippen molar-refractivity contribution in [2.24, 2.45) is 5.10 Å². The topological polar surface area (TPSA) is 42.2 Å². The largest absolute Gasteiger partial charge is 0.266 e. The van der Waals surface area contributed by atoms with Crippen molar-refractivity contribution in [3.8, 4) is 0 Å². The van der Waals surface area contributed by atoms with Crippen LogP contribution in [0.4, 0.5) is 0 Å². The number of aromatic nitrogens is 2. The van der Waals surface area contributed by atoms with E-state index in [1.54, 1.807) is 17.1 Å². The fourth-order valence-electron chi connectivity index (χ4n) is 0.951. The first-order valence-electron chi connectivity index (χ1n) is 3.21. The molecule has 0 fully saturated rings. The minimum Gasteiger partial charge on any atom is -0.266 e. The number of fused-ring (bicyclic) bond motifs is 1. The molecule has 4 nitrogen and oxygen atoms in total. The van der Waals surface area contributed by atoms with E-state index >= 15 is 0 Å². The maximum atomic E-state index is 5.02. The summed E-state index contributed by atoms with van der Waals surface area (Å²) in [6.45, 7) is 0.676. The highest BCUT2D eigenvalue weighted by Gasteiger charge is 2.08. The molecule has 11 heavy (non-hydrogen) atoms. The van der Waals surface area contributed by atoms with Crippen molar-refractivity contribution >= 4 is 23.4 Å². The number of nitrogens with zero attached hydrogens (tertiary/aromatic N) is 3. The molecule has 1 aromatic rings. The van der Waals surface area contributed by atoms with Crippen LogP contribution in [0, 0.1) is 0 Å². The average molecular weight is 166 g/mol. The molecule has 0 bridgehead atoms. The van der Waals surface area contributed by atoms with E-state index in [4.69, 9.17) is 12.2 Å². The van der Waals surface area contributed by atoms with Gasteiger partial charge in [0.15, 0.2) is 0 Å². The molecule has 1 N–H and O–H groups in total. The number of nitrogens with one attached hydrogen (secondary N) is 1. The van der Waals surface area contributed by atoms with Gasteiger partial charge < -0.3 is 0 Å². The van der Waals surface area contributed by atoms with E-state index < -0.39 is 0 Å². The summed E-state index contributed by atoms with van der Waals surface area (Å²) in [6, 6.07) is 1.87. The van der Waals surface area contributed by atoms with Crippen LogP contribution in [0.5, 0.6) is 0 Å². The van der Waals surface area contributed by atoms with Gasteiger partial charge in [0.2, 0.25) is 0 Å². The Labute approximate surface area is 68.9 Å². The molecule has 0 aromatic carbocycles. The van der Waals surface area contributed by atoms with Gasteiger partial charge in [0.25, 0.3) is 0 Å². The zero-order chi connectivity index (χ0) is 7.68. The summed E-state index contributed by atoms with van der Waals surface area (Å²) in [5, 5.41) is 7.93. The van der Waals surface area contributed by atoms with E-state index in [0.29, 0.717) is 11.5 Å². The van der Waals surface area contributed by atoms with E-state index in [9.17, 15) is 0 Å². The molecule has 0 amide bonds. The lowest BCUT2D eigenvalue weighted by molar-refractivity contribution is 0.728. The third kappa shape index (κ3) is 1.03. The Bertz CT molecular complexity index is 314. The van der Waals surface area contributed by atoms with Gasteiger partial charge in [0, 0.05) is 12.4 Å². The van der Waals surface area contributed by atoms with Gasteiger partial charge in [0.05, 0.1) is 12.2 Å². The molecule has 2 rings (SSSR count). The number of rotatable bonds is 0. The molecular weight excluding hydrogens is 160 g/mol. The predicted octanol–water partition coefficient (Wildman–Crippen LogP) is 0.148. The molecule has 1 aliphatic heterocycles. The van der Waals surface area contributed by atoms with Gasteiger partial charge in [-0.25, -0.2) is 0 Å². The Balaban J connectivity index is 2.49. The Kier molecular flexibility index (Phi) is 1.43. The van der Waals surface area contributed by atoms with Gasteiger partial charge in [-0.1, -0.05) is 12.2 Å².